The van der Waals surface area contributed by atoms with E-state index in [-0.39, 0.29) is 17.9 Å². The van der Waals surface area contributed by atoms with E-state index in [0.29, 0.717) is 39.1 Å². The lowest BCUT2D eigenvalue weighted by Crippen LogP contribution is -2.43. The van der Waals surface area contributed by atoms with Gasteiger partial charge in [-0.25, -0.2) is 4.79 Å². The first-order chi connectivity index (χ1) is 10.6. The number of aryl methyl sites for hydroxylation is 1. The lowest BCUT2D eigenvalue weighted by Gasteiger charge is -2.30. The lowest BCUT2D eigenvalue weighted by molar-refractivity contribution is -0.126. The van der Waals surface area contributed by atoms with Crippen LogP contribution in [0, 0.1) is 12.8 Å². The fourth-order valence-corrected chi connectivity index (χ4v) is 2.69. The average Bonchev–Trinajstić information content (AvgIpc) is 2.53. The summed E-state index contributed by atoms with van der Waals surface area (Å²) in [7, 11) is 0. The summed E-state index contributed by atoms with van der Waals surface area (Å²) in [6, 6.07) is 8.12. The SMILES string of the molecule is CCOC(=O)N1CCC(C(=O)NCc2cccc(C)c2)CC1. The predicted octanol–water partition coefficient (Wildman–Crippen LogP) is 2.48. The van der Waals surface area contributed by atoms with Gasteiger partial charge in [-0.1, -0.05) is 29.8 Å². The van der Waals surface area contributed by atoms with Crippen molar-refractivity contribution in [1.82, 2.24) is 10.2 Å². The number of hydrogen-bond acceptors (Lipinski definition) is 3. The van der Waals surface area contributed by atoms with Gasteiger partial charge in [0.25, 0.3) is 0 Å². The number of likely N-dealkylation sites (tertiary alicyclic amines) is 1. The molecule has 1 saturated heterocycles. The molecule has 1 N–H and O–H groups in total. The Morgan fingerprint density at radius 1 is 1.32 bits per heavy atom. The summed E-state index contributed by atoms with van der Waals surface area (Å²) in [6.07, 6.45) is 1.11. The molecule has 1 aromatic carbocycles. The second-order valence-corrected chi connectivity index (χ2v) is 5.67. The van der Waals surface area contributed by atoms with Gasteiger partial charge >= 0.3 is 6.09 Å². The Balaban J connectivity index is 1.76. The third kappa shape index (κ3) is 4.48. The predicted molar refractivity (Wildman–Crippen MR) is 84.3 cm³/mol. The summed E-state index contributed by atoms with van der Waals surface area (Å²) in [6.45, 7) is 5.94. The van der Waals surface area contributed by atoms with E-state index in [2.05, 4.69) is 11.4 Å². The fraction of sp³-hybridized carbons (Fsp3) is 0.529. The molecule has 1 aromatic rings. The molecule has 22 heavy (non-hydrogen) atoms. The third-order valence-corrected chi connectivity index (χ3v) is 3.94. The molecular weight excluding hydrogens is 280 g/mol. The van der Waals surface area contributed by atoms with Crippen molar-refractivity contribution in [2.45, 2.75) is 33.2 Å². The van der Waals surface area contributed by atoms with Crippen LogP contribution in [0.25, 0.3) is 0 Å². The smallest absolute Gasteiger partial charge is 0.409 e. The van der Waals surface area contributed by atoms with Gasteiger partial charge in [0.15, 0.2) is 0 Å². The summed E-state index contributed by atoms with van der Waals surface area (Å²) in [5, 5.41) is 2.99. The number of piperidine rings is 1. The van der Waals surface area contributed by atoms with Crippen LogP contribution in [0.2, 0.25) is 0 Å². The Kier molecular flexibility index (Phi) is 5.81. The van der Waals surface area contributed by atoms with E-state index in [1.54, 1.807) is 11.8 Å². The molecule has 0 radical (unpaired) electrons. The van der Waals surface area contributed by atoms with E-state index in [4.69, 9.17) is 4.74 Å². The first-order valence-electron chi connectivity index (χ1n) is 7.85. The van der Waals surface area contributed by atoms with Gasteiger partial charge in [0.1, 0.15) is 0 Å². The van der Waals surface area contributed by atoms with E-state index in [1.165, 1.54) is 5.56 Å². The Bertz CT molecular complexity index is 522. The molecule has 2 rings (SSSR count). The topological polar surface area (TPSA) is 58.6 Å². The van der Waals surface area contributed by atoms with Crippen molar-refractivity contribution in [3.05, 3.63) is 35.4 Å². The molecule has 0 saturated carbocycles. The molecule has 120 valence electrons. The summed E-state index contributed by atoms with van der Waals surface area (Å²) < 4.78 is 4.98. The molecule has 0 bridgehead atoms. The zero-order valence-corrected chi connectivity index (χ0v) is 13.3. The van der Waals surface area contributed by atoms with Gasteiger partial charge in [-0.3, -0.25) is 4.79 Å². The van der Waals surface area contributed by atoms with Gasteiger partial charge in [-0.05, 0) is 32.3 Å². The first-order valence-corrected chi connectivity index (χ1v) is 7.85. The number of nitrogens with zero attached hydrogens (tertiary/aromatic N) is 1. The molecule has 0 aromatic heterocycles. The molecule has 5 heteroatoms. The molecule has 5 nitrogen and oxygen atoms in total. The maximum Gasteiger partial charge on any atom is 0.409 e. The first kappa shape index (κ1) is 16.3. The Morgan fingerprint density at radius 2 is 2.05 bits per heavy atom. The number of hydrogen-bond donors (Lipinski definition) is 1. The van der Waals surface area contributed by atoms with Crippen molar-refractivity contribution < 1.29 is 14.3 Å². The van der Waals surface area contributed by atoms with E-state index in [9.17, 15) is 9.59 Å². The quantitative estimate of drug-likeness (QED) is 0.929. The standard InChI is InChI=1S/C17H24N2O3/c1-3-22-17(21)19-9-7-15(8-10-19)16(20)18-12-14-6-4-5-13(2)11-14/h4-6,11,15H,3,7-10,12H2,1-2H3,(H,18,20). The van der Waals surface area contributed by atoms with Crippen LogP contribution >= 0.6 is 0 Å². The zero-order chi connectivity index (χ0) is 15.9. The second kappa shape index (κ2) is 7.82. The highest BCUT2D eigenvalue weighted by Crippen LogP contribution is 2.18. The van der Waals surface area contributed by atoms with Crippen molar-refractivity contribution in [3.8, 4) is 0 Å². The molecule has 0 aliphatic carbocycles. The van der Waals surface area contributed by atoms with Gasteiger partial charge in [-0.15, -0.1) is 0 Å². The van der Waals surface area contributed by atoms with Crippen LogP contribution in [-0.2, 0) is 16.1 Å². The number of carbonyl (C=O) groups is 2. The highest BCUT2D eigenvalue weighted by molar-refractivity contribution is 5.79. The van der Waals surface area contributed by atoms with Crippen molar-refractivity contribution in [2.24, 2.45) is 5.92 Å². The molecule has 0 unspecified atom stereocenters. The van der Waals surface area contributed by atoms with Gasteiger partial charge in [0, 0.05) is 25.6 Å². The Hall–Kier alpha value is -2.04. The van der Waals surface area contributed by atoms with Crippen LogP contribution in [0.15, 0.2) is 24.3 Å². The molecular formula is C17H24N2O3. The highest BCUT2D eigenvalue weighted by Gasteiger charge is 2.27. The molecule has 1 aliphatic rings. The summed E-state index contributed by atoms with van der Waals surface area (Å²) in [4.78, 5) is 25.5. The fourth-order valence-electron chi connectivity index (χ4n) is 2.69. The van der Waals surface area contributed by atoms with E-state index in [0.717, 1.165) is 5.56 Å². The summed E-state index contributed by atoms with van der Waals surface area (Å²) >= 11 is 0. The van der Waals surface area contributed by atoms with Gasteiger partial charge in [0.05, 0.1) is 6.61 Å². The molecule has 0 spiro atoms. The second-order valence-electron chi connectivity index (χ2n) is 5.67. The third-order valence-electron chi connectivity index (χ3n) is 3.94. The number of rotatable bonds is 4. The number of nitrogens with one attached hydrogen (secondary N) is 1. The zero-order valence-electron chi connectivity index (χ0n) is 13.3. The van der Waals surface area contributed by atoms with Crippen molar-refractivity contribution >= 4 is 12.0 Å². The summed E-state index contributed by atoms with van der Waals surface area (Å²) in [5.74, 6) is 0.0560. The Morgan fingerprint density at radius 3 is 2.68 bits per heavy atom. The number of ether oxygens (including phenoxy) is 1. The molecule has 1 heterocycles. The highest BCUT2D eigenvalue weighted by atomic mass is 16.6. The van der Waals surface area contributed by atoms with E-state index in [1.807, 2.05) is 25.1 Å². The molecule has 2 amide bonds. The minimum absolute atomic E-state index is 0.0181. The van der Waals surface area contributed by atoms with Crippen LogP contribution in [0.1, 0.15) is 30.9 Å². The van der Waals surface area contributed by atoms with Crippen LogP contribution in [0.5, 0.6) is 0 Å². The Labute approximate surface area is 131 Å². The van der Waals surface area contributed by atoms with Crippen LogP contribution in [0.3, 0.4) is 0 Å². The maximum atomic E-state index is 12.2. The largest absolute Gasteiger partial charge is 0.450 e. The average molecular weight is 304 g/mol. The van der Waals surface area contributed by atoms with Crippen LogP contribution in [-0.4, -0.2) is 36.6 Å². The van der Waals surface area contributed by atoms with E-state index >= 15 is 0 Å². The number of amides is 2. The molecule has 0 atom stereocenters. The van der Waals surface area contributed by atoms with Crippen molar-refractivity contribution in [2.75, 3.05) is 19.7 Å². The van der Waals surface area contributed by atoms with Gasteiger partial charge < -0.3 is 15.0 Å². The van der Waals surface area contributed by atoms with Gasteiger partial charge in [-0.2, -0.15) is 0 Å². The van der Waals surface area contributed by atoms with Crippen molar-refractivity contribution in [3.63, 3.8) is 0 Å². The summed E-state index contributed by atoms with van der Waals surface area (Å²) in [5.41, 5.74) is 2.30. The van der Waals surface area contributed by atoms with Gasteiger partial charge in [0.2, 0.25) is 5.91 Å². The number of carbonyl (C=O) groups excluding carboxylic acids is 2. The minimum Gasteiger partial charge on any atom is -0.450 e. The monoisotopic (exact) mass is 304 g/mol. The number of benzene rings is 1. The van der Waals surface area contributed by atoms with Crippen LogP contribution < -0.4 is 5.32 Å². The van der Waals surface area contributed by atoms with Crippen LogP contribution in [0.4, 0.5) is 4.79 Å². The maximum absolute atomic E-state index is 12.2. The molecule has 1 fully saturated rings. The van der Waals surface area contributed by atoms with Crippen molar-refractivity contribution in [1.29, 1.82) is 0 Å². The normalized spacial score (nSPS) is 15.5. The molecule has 1 aliphatic heterocycles. The minimum atomic E-state index is -0.277. The lowest BCUT2D eigenvalue weighted by atomic mass is 9.96. The van der Waals surface area contributed by atoms with E-state index < -0.39 is 0 Å².